The van der Waals surface area contributed by atoms with Crippen molar-refractivity contribution in [2.45, 2.75) is 12.8 Å². The molecule has 0 N–H and O–H groups in total. The SMILES string of the molecule is C=CC[N+]1(CC=C)CCC(=O)CC1. The Labute approximate surface area is 80.1 Å². The lowest BCUT2D eigenvalue weighted by molar-refractivity contribution is -0.918. The average Bonchev–Trinajstić information content (AvgIpc) is 2.11. The van der Waals surface area contributed by atoms with E-state index < -0.39 is 0 Å². The number of Topliss-reactive ketones (excluding diaryl/α,β-unsaturated/α-hetero) is 1. The van der Waals surface area contributed by atoms with Crippen LogP contribution >= 0.6 is 0 Å². The zero-order valence-electron chi connectivity index (χ0n) is 8.17. The highest BCUT2D eigenvalue weighted by Crippen LogP contribution is 2.16. The molecular weight excluding hydrogens is 162 g/mol. The summed E-state index contributed by atoms with van der Waals surface area (Å²) in [7, 11) is 0. The summed E-state index contributed by atoms with van der Waals surface area (Å²) in [6, 6.07) is 0. The van der Waals surface area contributed by atoms with E-state index in [1.165, 1.54) is 0 Å². The molecule has 72 valence electrons. The molecule has 1 fully saturated rings. The molecule has 0 amide bonds. The van der Waals surface area contributed by atoms with Gasteiger partial charge >= 0.3 is 0 Å². The molecule has 0 unspecified atom stereocenters. The van der Waals surface area contributed by atoms with Crippen LogP contribution in [0.3, 0.4) is 0 Å². The molecule has 1 aliphatic rings. The van der Waals surface area contributed by atoms with Gasteiger partial charge in [0.25, 0.3) is 0 Å². The van der Waals surface area contributed by atoms with Crippen LogP contribution in [0.25, 0.3) is 0 Å². The second-order valence-electron chi connectivity index (χ2n) is 3.77. The van der Waals surface area contributed by atoms with Crippen LogP contribution in [0.4, 0.5) is 0 Å². The van der Waals surface area contributed by atoms with Gasteiger partial charge in [0.05, 0.1) is 39.0 Å². The zero-order valence-corrected chi connectivity index (χ0v) is 8.17. The Balaban J connectivity index is 2.61. The molecule has 0 aliphatic carbocycles. The van der Waals surface area contributed by atoms with Gasteiger partial charge in [0.1, 0.15) is 5.78 Å². The minimum Gasteiger partial charge on any atom is -0.316 e. The Bertz CT molecular complexity index is 198. The maximum Gasteiger partial charge on any atom is 0.144 e. The fourth-order valence-electron chi connectivity index (χ4n) is 1.95. The molecule has 1 saturated heterocycles. The van der Waals surface area contributed by atoms with Gasteiger partial charge in [-0.1, -0.05) is 13.2 Å². The lowest BCUT2D eigenvalue weighted by atomic mass is 10.1. The maximum atomic E-state index is 11.1. The van der Waals surface area contributed by atoms with Gasteiger partial charge in [0.15, 0.2) is 0 Å². The molecule has 0 aromatic heterocycles. The maximum absolute atomic E-state index is 11.1. The number of hydrogen-bond acceptors (Lipinski definition) is 1. The standard InChI is InChI=1S/C11H18NO/c1-3-7-12(8-4-2)9-5-11(13)6-10-12/h3-4H,1-2,5-10H2/q+1. The van der Waals surface area contributed by atoms with Crippen LogP contribution in [0.1, 0.15) is 12.8 Å². The van der Waals surface area contributed by atoms with E-state index in [-0.39, 0.29) is 0 Å². The highest BCUT2D eigenvalue weighted by Gasteiger charge is 2.30. The normalized spacial score (nSPS) is 21.1. The summed E-state index contributed by atoms with van der Waals surface area (Å²) >= 11 is 0. The molecule has 2 heteroatoms. The van der Waals surface area contributed by atoms with Crippen molar-refractivity contribution in [1.82, 2.24) is 0 Å². The van der Waals surface area contributed by atoms with Crippen LogP contribution in [0.5, 0.6) is 0 Å². The molecule has 0 aromatic carbocycles. The van der Waals surface area contributed by atoms with Crippen molar-refractivity contribution in [2.75, 3.05) is 26.2 Å². The highest BCUT2D eigenvalue weighted by molar-refractivity contribution is 5.79. The van der Waals surface area contributed by atoms with E-state index in [2.05, 4.69) is 13.2 Å². The lowest BCUT2D eigenvalue weighted by Gasteiger charge is -2.39. The topological polar surface area (TPSA) is 17.1 Å². The number of carbonyl (C=O) groups is 1. The molecule has 0 spiro atoms. The van der Waals surface area contributed by atoms with Crippen molar-refractivity contribution in [3.8, 4) is 0 Å². The van der Waals surface area contributed by atoms with Crippen molar-refractivity contribution >= 4 is 5.78 Å². The Morgan fingerprint density at radius 1 is 1.15 bits per heavy atom. The molecule has 1 aliphatic heterocycles. The van der Waals surface area contributed by atoms with Crippen molar-refractivity contribution in [1.29, 1.82) is 0 Å². The molecule has 13 heavy (non-hydrogen) atoms. The fourth-order valence-corrected chi connectivity index (χ4v) is 1.95. The van der Waals surface area contributed by atoms with E-state index in [0.717, 1.165) is 43.5 Å². The first-order valence-corrected chi connectivity index (χ1v) is 4.81. The van der Waals surface area contributed by atoms with Gasteiger partial charge in [-0.25, -0.2) is 0 Å². The van der Waals surface area contributed by atoms with E-state index in [0.29, 0.717) is 5.78 Å². The number of piperidine rings is 1. The van der Waals surface area contributed by atoms with E-state index in [1.54, 1.807) is 0 Å². The van der Waals surface area contributed by atoms with Gasteiger partial charge in [-0.3, -0.25) is 4.79 Å². The number of nitrogens with zero attached hydrogens (tertiary/aromatic N) is 1. The summed E-state index contributed by atoms with van der Waals surface area (Å²) in [6.45, 7) is 11.4. The third-order valence-electron chi connectivity index (χ3n) is 2.76. The average molecular weight is 180 g/mol. The fraction of sp³-hybridized carbons (Fsp3) is 0.545. The number of ketones is 1. The van der Waals surface area contributed by atoms with Crippen molar-refractivity contribution in [3.63, 3.8) is 0 Å². The van der Waals surface area contributed by atoms with E-state index >= 15 is 0 Å². The molecule has 0 saturated carbocycles. The summed E-state index contributed by atoms with van der Waals surface area (Å²) < 4.78 is 0.971. The predicted molar refractivity (Wildman–Crippen MR) is 54.4 cm³/mol. The van der Waals surface area contributed by atoms with Gasteiger partial charge in [-0.15, -0.1) is 0 Å². The summed E-state index contributed by atoms with van der Waals surface area (Å²) in [6.07, 6.45) is 5.34. The minimum atomic E-state index is 0.405. The number of rotatable bonds is 4. The summed E-state index contributed by atoms with van der Waals surface area (Å²) in [4.78, 5) is 11.1. The van der Waals surface area contributed by atoms with Crippen LogP contribution in [0.15, 0.2) is 25.3 Å². The van der Waals surface area contributed by atoms with Crippen LogP contribution in [-0.2, 0) is 4.79 Å². The van der Waals surface area contributed by atoms with Gasteiger partial charge < -0.3 is 4.48 Å². The van der Waals surface area contributed by atoms with Gasteiger partial charge in [0, 0.05) is 0 Å². The minimum absolute atomic E-state index is 0.405. The Morgan fingerprint density at radius 2 is 1.62 bits per heavy atom. The van der Waals surface area contributed by atoms with E-state index in [1.807, 2.05) is 12.2 Å². The number of carbonyl (C=O) groups excluding carboxylic acids is 1. The molecule has 0 atom stereocenters. The molecule has 0 bridgehead atoms. The first-order valence-electron chi connectivity index (χ1n) is 4.81. The van der Waals surface area contributed by atoms with Crippen molar-refractivity contribution in [3.05, 3.63) is 25.3 Å². The smallest absolute Gasteiger partial charge is 0.144 e. The number of hydrogen-bond donors (Lipinski definition) is 0. The first kappa shape index (κ1) is 10.2. The quantitative estimate of drug-likeness (QED) is 0.474. The highest BCUT2D eigenvalue weighted by atomic mass is 16.1. The molecule has 0 radical (unpaired) electrons. The van der Waals surface area contributed by atoms with Crippen LogP contribution in [0.2, 0.25) is 0 Å². The predicted octanol–water partition coefficient (Wildman–Crippen LogP) is 1.54. The molecule has 1 rings (SSSR count). The molecule has 0 aromatic rings. The third-order valence-corrected chi connectivity index (χ3v) is 2.76. The number of quaternary nitrogens is 1. The third kappa shape index (κ3) is 2.52. The van der Waals surface area contributed by atoms with Crippen molar-refractivity contribution in [2.24, 2.45) is 0 Å². The van der Waals surface area contributed by atoms with E-state index in [9.17, 15) is 4.79 Å². The van der Waals surface area contributed by atoms with Crippen LogP contribution in [-0.4, -0.2) is 36.4 Å². The Hall–Kier alpha value is -0.890. The summed E-state index contributed by atoms with van der Waals surface area (Å²) in [5.74, 6) is 0.405. The Kier molecular flexibility index (Phi) is 3.43. The largest absolute Gasteiger partial charge is 0.316 e. The van der Waals surface area contributed by atoms with Crippen LogP contribution in [0, 0.1) is 0 Å². The molecule has 1 heterocycles. The molecule has 2 nitrogen and oxygen atoms in total. The summed E-state index contributed by atoms with van der Waals surface area (Å²) in [5, 5.41) is 0. The lowest BCUT2D eigenvalue weighted by Crippen LogP contribution is -2.53. The monoisotopic (exact) mass is 180 g/mol. The first-order chi connectivity index (χ1) is 6.22. The summed E-state index contributed by atoms with van der Waals surface area (Å²) in [5.41, 5.74) is 0. The zero-order chi connectivity index (χ0) is 9.73. The molecular formula is C11H18NO+. The second kappa shape index (κ2) is 4.38. The second-order valence-corrected chi connectivity index (χ2v) is 3.77. The van der Waals surface area contributed by atoms with Gasteiger partial charge in [0.2, 0.25) is 0 Å². The van der Waals surface area contributed by atoms with E-state index in [4.69, 9.17) is 0 Å². The van der Waals surface area contributed by atoms with Crippen LogP contribution < -0.4 is 0 Å². The number of likely N-dealkylation sites (tertiary alicyclic amines) is 1. The Morgan fingerprint density at radius 3 is 2.00 bits per heavy atom. The van der Waals surface area contributed by atoms with Gasteiger partial charge in [-0.2, -0.15) is 0 Å². The van der Waals surface area contributed by atoms with Gasteiger partial charge in [-0.05, 0) is 12.2 Å². The van der Waals surface area contributed by atoms with Crippen molar-refractivity contribution < 1.29 is 9.28 Å².